The first kappa shape index (κ1) is 19.2. The van der Waals surface area contributed by atoms with Gasteiger partial charge in [0.1, 0.15) is 0 Å². The molecule has 2 amide bonds. The van der Waals surface area contributed by atoms with Crippen LogP contribution in [0.3, 0.4) is 0 Å². The highest BCUT2D eigenvalue weighted by Gasteiger charge is 2.20. The molecule has 1 aliphatic heterocycles. The van der Waals surface area contributed by atoms with Crippen LogP contribution in [0.4, 0.5) is 4.79 Å². The maximum atomic E-state index is 11.8. The SMILES string of the molecule is CC1CC(C)CN(CCCNC(=O)NCc2ccc(C(=O)O)cc2)C1. The number of hydrogen-bond donors (Lipinski definition) is 3. The largest absolute Gasteiger partial charge is 0.478 e. The maximum Gasteiger partial charge on any atom is 0.335 e. The van der Waals surface area contributed by atoms with Gasteiger partial charge in [-0.25, -0.2) is 9.59 Å². The van der Waals surface area contributed by atoms with Crippen LogP contribution in [0.5, 0.6) is 0 Å². The van der Waals surface area contributed by atoms with Gasteiger partial charge in [-0.3, -0.25) is 0 Å². The van der Waals surface area contributed by atoms with E-state index in [1.165, 1.54) is 18.6 Å². The third kappa shape index (κ3) is 6.74. The van der Waals surface area contributed by atoms with Crippen LogP contribution in [0.1, 0.15) is 42.6 Å². The lowest BCUT2D eigenvalue weighted by atomic mass is 9.92. The van der Waals surface area contributed by atoms with E-state index in [-0.39, 0.29) is 11.6 Å². The zero-order valence-electron chi connectivity index (χ0n) is 15.1. The van der Waals surface area contributed by atoms with Crippen LogP contribution in [0.15, 0.2) is 24.3 Å². The lowest BCUT2D eigenvalue weighted by Crippen LogP contribution is -2.41. The Morgan fingerprint density at radius 3 is 2.36 bits per heavy atom. The molecule has 2 unspecified atom stereocenters. The molecule has 2 atom stereocenters. The molecule has 0 aliphatic carbocycles. The third-order valence-electron chi connectivity index (χ3n) is 4.54. The first-order chi connectivity index (χ1) is 11.9. The van der Waals surface area contributed by atoms with E-state index in [0.717, 1.165) is 43.5 Å². The van der Waals surface area contributed by atoms with E-state index in [4.69, 9.17) is 5.11 Å². The fourth-order valence-electron chi connectivity index (χ4n) is 3.49. The van der Waals surface area contributed by atoms with E-state index >= 15 is 0 Å². The number of carbonyl (C=O) groups excluding carboxylic acids is 1. The van der Waals surface area contributed by atoms with Crippen LogP contribution in [0.25, 0.3) is 0 Å². The van der Waals surface area contributed by atoms with Gasteiger partial charge in [0.25, 0.3) is 0 Å². The predicted molar refractivity (Wildman–Crippen MR) is 97.6 cm³/mol. The smallest absolute Gasteiger partial charge is 0.335 e. The Labute approximate surface area is 149 Å². The van der Waals surface area contributed by atoms with Crippen molar-refractivity contribution in [1.29, 1.82) is 0 Å². The van der Waals surface area contributed by atoms with Crippen molar-refractivity contribution in [2.45, 2.75) is 33.2 Å². The average molecular weight is 347 g/mol. The molecule has 0 spiro atoms. The molecule has 3 N–H and O–H groups in total. The summed E-state index contributed by atoms with van der Waals surface area (Å²) >= 11 is 0. The lowest BCUT2D eigenvalue weighted by Gasteiger charge is -2.34. The summed E-state index contributed by atoms with van der Waals surface area (Å²) in [7, 11) is 0. The Morgan fingerprint density at radius 2 is 1.76 bits per heavy atom. The molecule has 25 heavy (non-hydrogen) atoms. The number of carbonyl (C=O) groups is 2. The molecule has 1 heterocycles. The lowest BCUT2D eigenvalue weighted by molar-refractivity contribution is 0.0697. The second-order valence-corrected chi connectivity index (χ2v) is 7.17. The van der Waals surface area contributed by atoms with Crippen molar-refractivity contribution >= 4 is 12.0 Å². The number of carboxylic acids is 1. The van der Waals surface area contributed by atoms with Gasteiger partial charge in [-0.2, -0.15) is 0 Å². The van der Waals surface area contributed by atoms with Crippen LogP contribution in [-0.4, -0.2) is 48.2 Å². The van der Waals surface area contributed by atoms with E-state index in [0.29, 0.717) is 13.1 Å². The van der Waals surface area contributed by atoms with Crippen LogP contribution >= 0.6 is 0 Å². The molecular formula is C19H29N3O3. The minimum atomic E-state index is -0.949. The van der Waals surface area contributed by atoms with Gasteiger partial charge >= 0.3 is 12.0 Å². The van der Waals surface area contributed by atoms with Crippen LogP contribution in [0, 0.1) is 11.8 Å². The van der Waals surface area contributed by atoms with Crippen molar-refractivity contribution in [1.82, 2.24) is 15.5 Å². The molecule has 1 saturated heterocycles. The molecule has 1 aromatic carbocycles. The molecule has 6 nitrogen and oxygen atoms in total. The molecule has 0 aromatic heterocycles. The highest BCUT2D eigenvalue weighted by atomic mass is 16.4. The Bertz CT molecular complexity index is 564. The van der Waals surface area contributed by atoms with Crippen LogP contribution in [0.2, 0.25) is 0 Å². The molecule has 6 heteroatoms. The summed E-state index contributed by atoms with van der Waals surface area (Å²) < 4.78 is 0. The second kappa shape index (κ2) is 9.42. The van der Waals surface area contributed by atoms with Gasteiger partial charge in [0.2, 0.25) is 0 Å². The molecular weight excluding hydrogens is 318 g/mol. The van der Waals surface area contributed by atoms with Crippen molar-refractivity contribution in [3.63, 3.8) is 0 Å². The number of carboxylic acid groups (broad SMARTS) is 1. The van der Waals surface area contributed by atoms with Gasteiger partial charge in [0.05, 0.1) is 5.56 Å². The highest BCUT2D eigenvalue weighted by molar-refractivity contribution is 5.87. The predicted octanol–water partition coefficient (Wildman–Crippen LogP) is 2.55. The number of likely N-dealkylation sites (tertiary alicyclic amines) is 1. The number of nitrogens with one attached hydrogen (secondary N) is 2. The van der Waals surface area contributed by atoms with E-state index in [1.54, 1.807) is 12.1 Å². The van der Waals surface area contributed by atoms with Gasteiger partial charge in [-0.05, 0) is 48.9 Å². The number of piperidine rings is 1. The van der Waals surface area contributed by atoms with E-state index in [2.05, 4.69) is 29.4 Å². The number of aromatic carboxylic acids is 1. The summed E-state index contributed by atoms with van der Waals surface area (Å²) in [6.07, 6.45) is 2.25. The monoisotopic (exact) mass is 347 g/mol. The molecule has 1 aliphatic rings. The summed E-state index contributed by atoms with van der Waals surface area (Å²) in [6.45, 7) is 8.97. The zero-order chi connectivity index (χ0) is 18.2. The van der Waals surface area contributed by atoms with E-state index in [9.17, 15) is 9.59 Å². The molecule has 138 valence electrons. The van der Waals surface area contributed by atoms with Crippen molar-refractivity contribution in [2.24, 2.45) is 11.8 Å². The van der Waals surface area contributed by atoms with Gasteiger partial charge in [-0.15, -0.1) is 0 Å². The van der Waals surface area contributed by atoms with Gasteiger partial charge in [0, 0.05) is 26.2 Å². The number of rotatable bonds is 7. The van der Waals surface area contributed by atoms with E-state index in [1.807, 2.05) is 0 Å². The second-order valence-electron chi connectivity index (χ2n) is 7.17. The maximum absolute atomic E-state index is 11.8. The van der Waals surface area contributed by atoms with Crippen molar-refractivity contribution in [3.8, 4) is 0 Å². The minimum absolute atomic E-state index is 0.192. The van der Waals surface area contributed by atoms with Crippen LogP contribution in [-0.2, 0) is 6.54 Å². The average Bonchev–Trinajstić information content (AvgIpc) is 2.56. The standard InChI is InChI=1S/C19H29N3O3/c1-14-10-15(2)13-22(12-14)9-3-8-20-19(25)21-11-16-4-6-17(7-5-16)18(23)24/h4-7,14-15H,3,8-13H2,1-2H3,(H,23,24)(H2,20,21,25). The quantitative estimate of drug-likeness (QED) is 0.662. The third-order valence-corrected chi connectivity index (χ3v) is 4.54. The topological polar surface area (TPSA) is 81.7 Å². The Balaban J connectivity index is 1.60. The summed E-state index contributed by atoms with van der Waals surface area (Å²) in [5.74, 6) is 0.565. The van der Waals surface area contributed by atoms with E-state index < -0.39 is 5.97 Å². The summed E-state index contributed by atoms with van der Waals surface area (Å²) in [5.41, 5.74) is 1.12. The van der Waals surface area contributed by atoms with Gasteiger partial charge in [0.15, 0.2) is 0 Å². The number of benzene rings is 1. The Hall–Kier alpha value is -2.08. The molecule has 0 radical (unpaired) electrons. The molecule has 0 saturated carbocycles. The first-order valence-corrected chi connectivity index (χ1v) is 9.00. The number of urea groups is 1. The zero-order valence-corrected chi connectivity index (χ0v) is 15.1. The number of hydrogen-bond acceptors (Lipinski definition) is 3. The van der Waals surface area contributed by atoms with Crippen molar-refractivity contribution in [2.75, 3.05) is 26.2 Å². The summed E-state index contributed by atoms with van der Waals surface area (Å²) in [4.78, 5) is 25.1. The normalized spacial score (nSPS) is 20.9. The van der Waals surface area contributed by atoms with Crippen molar-refractivity contribution in [3.05, 3.63) is 35.4 Å². The first-order valence-electron chi connectivity index (χ1n) is 9.00. The fraction of sp³-hybridized carbons (Fsp3) is 0.579. The van der Waals surface area contributed by atoms with Crippen LogP contribution < -0.4 is 10.6 Å². The van der Waals surface area contributed by atoms with Gasteiger partial charge < -0.3 is 20.6 Å². The highest BCUT2D eigenvalue weighted by Crippen LogP contribution is 2.20. The van der Waals surface area contributed by atoms with Gasteiger partial charge in [-0.1, -0.05) is 26.0 Å². The number of amides is 2. The summed E-state index contributed by atoms with van der Waals surface area (Å²) in [6, 6.07) is 6.31. The molecule has 0 bridgehead atoms. The Kier molecular flexibility index (Phi) is 7.25. The summed E-state index contributed by atoms with van der Waals surface area (Å²) in [5, 5.41) is 14.5. The van der Waals surface area contributed by atoms with Crippen molar-refractivity contribution < 1.29 is 14.7 Å². The molecule has 2 rings (SSSR count). The minimum Gasteiger partial charge on any atom is -0.478 e. The Morgan fingerprint density at radius 1 is 1.12 bits per heavy atom. The number of nitrogens with zero attached hydrogens (tertiary/aromatic N) is 1. The molecule has 1 fully saturated rings. The fourth-order valence-corrected chi connectivity index (χ4v) is 3.49. The molecule has 1 aromatic rings.